The highest BCUT2D eigenvalue weighted by atomic mass is 28.4. The molecule has 0 bridgehead atoms. The average Bonchev–Trinajstić information content (AvgIpc) is 2.57. The van der Waals surface area contributed by atoms with E-state index in [0.29, 0.717) is 6.61 Å². The Kier molecular flexibility index (Phi) is 8.22. The summed E-state index contributed by atoms with van der Waals surface area (Å²) >= 11 is 0. The first-order valence-corrected chi connectivity index (χ1v) is 12.2. The molecule has 0 aromatic heterocycles. The van der Waals surface area contributed by atoms with Crippen molar-refractivity contribution in [2.24, 2.45) is 5.92 Å². The summed E-state index contributed by atoms with van der Waals surface area (Å²) in [6.45, 7) is 14.2. The first kappa shape index (κ1) is 23.8. The second-order valence-electron chi connectivity index (χ2n) is 8.48. The van der Waals surface area contributed by atoms with E-state index >= 15 is 0 Å². The average molecular weight is 402 g/mol. The van der Waals surface area contributed by atoms with Gasteiger partial charge in [-0.05, 0) is 24.2 Å². The van der Waals surface area contributed by atoms with Crippen LogP contribution >= 0.6 is 0 Å². The molecule has 7 nitrogen and oxygen atoms in total. The van der Waals surface area contributed by atoms with E-state index in [1.807, 2.05) is 0 Å². The van der Waals surface area contributed by atoms with Crippen molar-refractivity contribution in [1.29, 1.82) is 0 Å². The Bertz CT molecular complexity index is 557. The van der Waals surface area contributed by atoms with Crippen LogP contribution in [-0.2, 0) is 28.3 Å². The maximum Gasteiger partial charge on any atom is 0.303 e. The fraction of sp³-hybridized carbons (Fsp3) is 0.789. The molecule has 8 heteroatoms. The van der Waals surface area contributed by atoms with Gasteiger partial charge in [0.1, 0.15) is 12.2 Å². The first-order chi connectivity index (χ1) is 12.3. The minimum Gasteiger partial charge on any atom is -0.455 e. The topological polar surface area (TPSA) is 74.3 Å². The second kappa shape index (κ2) is 9.32. The highest BCUT2D eigenvalue weighted by Gasteiger charge is 2.40. The number of rotatable bonds is 7. The molecule has 0 saturated carbocycles. The summed E-state index contributed by atoms with van der Waals surface area (Å²) in [4.78, 5) is 28.8. The smallest absolute Gasteiger partial charge is 0.303 e. The first-order valence-electron chi connectivity index (χ1n) is 9.26. The summed E-state index contributed by atoms with van der Waals surface area (Å²) < 4.78 is 17.8. The van der Waals surface area contributed by atoms with E-state index in [-0.39, 0.29) is 16.9 Å². The molecule has 0 unspecified atom stereocenters. The molecule has 0 N–H and O–H groups in total. The van der Waals surface area contributed by atoms with Crippen molar-refractivity contribution in [2.45, 2.75) is 71.1 Å². The van der Waals surface area contributed by atoms with Crippen LogP contribution in [0.3, 0.4) is 0 Å². The van der Waals surface area contributed by atoms with Crippen LogP contribution in [0.5, 0.6) is 0 Å². The fourth-order valence-electron chi connectivity index (χ4n) is 2.42. The molecule has 1 aliphatic rings. The Balaban J connectivity index is 2.92. The molecule has 0 aromatic carbocycles. The van der Waals surface area contributed by atoms with Crippen LogP contribution in [0.15, 0.2) is 12.2 Å². The Morgan fingerprint density at radius 1 is 1.26 bits per heavy atom. The summed E-state index contributed by atoms with van der Waals surface area (Å²) in [5, 5.41) is 1.24. The zero-order valence-electron chi connectivity index (χ0n) is 18.1. The minimum atomic E-state index is -1.99. The number of carbonyl (C=O) groups is 2. The lowest BCUT2D eigenvalue weighted by Crippen LogP contribution is -2.49. The van der Waals surface area contributed by atoms with Gasteiger partial charge < -0.3 is 13.9 Å². The van der Waals surface area contributed by atoms with Gasteiger partial charge >= 0.3 is 5.97 Å². The predicted molar refractivity (Wildman–Crippen MR) is 105 cm³/mol. The van der Waals surface area contributed by atoms with E-state index < -0.39 is 32.5 Å². The van der Waals surface area contributed by atoms with Gasteiger partial charge in [0.2, 0.25) is 0 Å². The molecule has 4 atom stereocenters. The van der Waals surface area contributed by atoms with Crippen LogP contribution in [-0.4, -0.2) is 64.3 Å². The zero-order valence-corrected chi connectivity index (χ0v) is 19.1. The van der Waals surface area contributed by atoms with Gasteiger partial charge in [-0.15, -0.1) is 0 Å². The van der Waals surface area contributed by atoms with Gasteiger partial charge in [0.25, 0.3) is 5.91 Å². The Morgan fingerprint density at radius 3 is 2.33 bits per heavy atom. The number of carbonyl (C=O) groups excluding carboxylic acids is 2. The number of nitrogens with zero attached hydrogens (tertiary/aromatic N) is 1. The SMILES string of the molecule is CON(C)C(=O)[C@H](C)[C@@H]1C=C[C@H](OC(C)=O)[C@@H](CO[Si](C)(C)C(C)(C)C)O1. The van der Waals surface area contributed by atoms with Crippen LogP contribution in [0.1, 0.15) is 34.6 Å². The standard InChI is InChI=1S/C19H35NO6Si/c1-13(18(22)20(6)23-7)15-10-11-16(25-14(2)21)17(26-15)12-24-27(8,9)19(3,4)5/h10-11,13,15-17H,12H2,1-9H3/t13-,15+,16+,17-/m1/s1. The molecular formula is C19H35NO6Si. The van der Waals surface area contributed by atoms with E-state index in [2.05, 4.69) is 33.9 Å². The van der Waals surface area contributed by atoms with Gasteiger partial charge in [-0.25, -0.2) is 5.06 Å². The number of ether oxygens (including phenoxy) is 2. The van der Waals surface area contributed by atoms with Crippen LogP contribution in [0.2, 0.25) is 18.1 Å². The number of hydrogen-bond donors (Lipinski definition) is 0. The third-order valence-corrected chi connectivity index (χ3v) is 9.87. The van der Waals surface area contributed by atoms with Gasteiger partial charge in [-0.3, -0.25) is 14.4 Å². The van der Waals surface area contributed by atoms with E-state index in [9.17, 15) is 9.59 Å². The predicted octanol–water partition coefficient (Wildman–Crippen LogP) is 2.92. The third-order valence-electron chi connectivity index (χ3n) is 5.37. The van der Waals surface area contributed by atoms with Crippen molar-refractivity contribution < 1.29 is 28.3 Å². The van der Waals surface area contributed by atoms with Crippen molar-refractivity contribution in [2.75, 3.05) is 20.8 Å². The molecule has 0 radical (unpaired) electrons. The molecule has 1 amide bonds. The largest absolute Gasteiger partial charge is 0.455 e. The molecule has 0 aliphatic carbocycles. The summed E-state index contributed by atoms with van der Waals surface area (Å²) in [5.41, 5.74) is 0. The van der Waals surface area contributed by atoms with Gasteiger partial charge in [-0.2, -0.15) is 0 Å². The molecule has 0 saturated heterocycles. The van der Waals surface area contributed by atoms with E-state index in [0.717, 1.165) is 0 Å². The normalized spacial score (nSPS) is 24.4. The quantitative estimate of drug-likeness (QED) is 0.283. The van der Waals surface area contributed by atoms with Crippen molar-refractivity contribution in [3.63, 3.8) is 0 Å². The van der Waals surface area contributed by atoms with Crippen LogP contribution in [0.4, 0.5) is 0 Å². The summed E-state index contributed by atoms with van der Waals surface area (Å²) in [7, 11) is 1.01. The molecule has 1 heterocycles. The lowest BCUT2D eigenvalue weighted by atomic mass is 9.99. The number of esters is 1. The highest BCUT2D eigenvalue weighted by Crippen LogP contribution is 2.37. The maximum absolute atomic E-state index is 12.4. The lowest BCUT2D eigenvalue weighted by Gasteiger charge is -2.40. The molecule has 156 valence electrons. The van der Waals surface area contributed by atoms with Crippen LogP contribution in [0, 0.1) is 5.92 Å². The van der Waals surface area contributed by atoms with Crippen molar-refractivity contribution in [1.82, 2.24) is 5.06 Å². The Hall–Kier alpha value is -1.22. The van der Waals surface area contributed by atoms with Gasteiger partial charge in [0, 0.05) is 14.0 Å². The maximum atomic E-state index is 12.4. The monoisotopic (exact) mass is 401 g/mol. The molecule has 1 aliphatic heterocycles. The molecule has 1 rings (SSSR count). The number of hydroxylamine groups is 2. The summed E-state index contributed by atoms with van der Waals surface area (Å²) in [6, 6.07) is 0. The van der Waals surface area contributed by atoms with Crippen molar-refractivity contribution >= 4 is 20.2 Å². The zero-order chi connectivity index (χ0) is 21.0. The minimum absolute atomic E-state index is 0.0538. The molecular weight excluding hydrogens is 366 g/mol. The summed E-state index contributed by atoms with van der Waals surface area (Å²) in [6.07, 6.45) is 2.09. The molecule has 0 fully saturated rings. The van der Waals surface area contributed by atoms with Crippen molar-refractivity contribution in [3.05, 3.63) is 12.2 Å². The van der Waals surface area contributed by atoms with Crippen molar-refractivity contribution in [3.8, 4) is 0 Å². The van der Waals surface area contributed by atoms with E-state index in [1.54, 1.807) is 26.1 Å². The summed E-state index contributed by atoms with van der Waals surface area (Å²) in [5.74, 6) is -1.02. The van der Waals surface area contributed by atoms with Crippen LogP contribution < -0.4 is 0 Å². The number of amides is 1. The lowest BCUT2D eigenvalue weighted by molar-refractivity contribution is -0.181. The van der Waals surface area contributed by atoms with E-state index in [4.69, 9.17) is 18.7 Å². The third kappa shape index (κ3) is 6.41. The molecule has 0 aromatic rings. The number of hydrogen-bond acceptors (Lipinski definition) is 6. The fourth-order valence-corrected chi connectivity index (χ4v) is 3.43. The highest BCUT2D eigenvalue weighted by molar-refractivity contribution is 6.74. The van der Waals surface area contributed by atoms with Crippen LogP contribution in [0.25, 0.3) is 0 Å². The molecule has 27 heavy (non-hydrogen) atoms. The Morgan fingerprint density at radius 2 is 1.85 bits per heavy atom. The van der Waals surface area contributed by atoms with Gasteiger partial charge in [-0.1, -0.05) is 33.8 Å². The van der Waals surface area contributed by atoms with E-state index in [1.165, 1.54) is 19.1 Å². The van der Waals surface area contributed by atoms with Gasteiger partial charge in [0.05, 0.1) is 25.7 Å². The van der Waals surface area contributed by atoms with Gasteiger partial charge in [0.15, 0.2) is 8.32 Å². The molecule has 0 spiro atoms. The Labute approximate surface area is 164 Å². The second-order valence-corrected chi connectivity index (χ2v) is 13.3.